The Kier molecular flexibility index (Phi) is 6.96. The van der Waals surface area contributed by atoms with Gasteiger partial charge in [0, 0.05) is 32.3 Å². The van der Waals surface area contributed by atoms with Crippen molar-refractivity contribution in [3.05, 3.63) is 176 Å². The molecule has 0 N–H and O–H groups in total. The van der Waals surface area contributed by atoms with Crippen molar-refractivity contribution < 1.29 is 4.74 Å². The van der Waals surface area contributed by atoms with E-state index in [-0.39, 0.29) is 0 Å². The second-order valence-electron chi connectivity index (χ2n) is 12.3. The lowest BCUT2D eigenvalue weighted by Gasteiger charge is -2.32. The van der Waals surface area contributed by atoms with Gasteiger partial charge in [-0.25, -0.2) is 9.67 Å². The molecule has 0 unspecified atom stereocenters. The van der Waals surface area contributed by atoms with Crippen LogP contribution >= 0.6 is 11.8 Å². The molecule has 1 aromatic heterocycles. The van der Waals surface area contributed by atoms with E-state index in [0.29, 0.717) is 5.82 Å². The molecule has 7 heteroatoms. The zero-order valence-electron chi connectivity index (χ0n) is 27.3. The number of para-hydroxylation sites is 7. The highest BCUT2D eigenvalue weighted by atomic mass is 32.2. The monoisotopic (exact) mass is 675 g/mol. The van der Waals surface area contributed by atoms with E-state index >= 15 is 0 Å². The number of ether oxygens (including phenoxy) is 1. The van der Waals surface area contributed by atoms with Gasteiger partial charge in [-0.05, 0) is 109 Å². The molecule has 0 saturated heterocycles. The molecule has 242 valence electrons. The van der Waals surface area contributed by atoms with Crippen molar-refractivity contribution >= 4 is 45.9 Å². The molecular weight excluding hydrogens is 647 g/mol. The molecule has 2 aliphatic heterocycles. The quantitative estimate of drug-likeness (QED) is 0.181. The maximum absolute atomic E-state index is 6.23. The van der Waals surface area contributed by atoms with Gasteiger partial charge in [0.05, 0.1) is 28.4 Å². The summed E-state index contributed by atoms with van der Waals surface area (Å²) in [6, 6.07) is 60.7. The molecule has 0 spiro atoms. The summed E-state index contributed by atoms with van der Waals surface area (Å²) in [6.07, 6.45) is 0. The second kappa shape index (κ2) is 12.1. The fourth-order valence-corrected chi connectivity index (χ4v) is 7.91. The van der Waals surface area contributed by atoms with Gasteiger partial charge in [-0.1, -0.05) is 78.5 Å². The smallest absolute Gasteiger partial charge is 0.182 e. The number of benzene rings is 7. The fraction of sp³-hybridized carbons (Fsp3) is 0. The number of anilines is 6. The van der Waals surface area contributed by atoms with E-state index in [1.807, 2.05) is 71.0 Å². The molecule has 0 atom stereocenters. The van der Waals surface area contributed by atoms with E-state index in [1.54, 1.807) is 0 Å². The molecule has 0 bridgehead atoms. The summed E-state index contributed by atoms with van der Waals surface area (Å²) in [5, 5.41) is 5.07. The standard InChI is InChI=1S/C44H29N5OS/c1-2-12-34(13-3-1)49-44(31-24-28-33(29-25-31)48-37-16-6-10-20-41(37)51-42-21-11-7-17-38(42)48)45-43(46-49)30-22-26-32(27-23-30)47-35-14-4-8-18-39(35)50-40-19-9-5-15-36(40)47/h1-29H. The van der Waals surface area contributed by atoms with Crippen LogP contribution in [0.2, 0.25) is 0 Å². The van der Waals surface area contributed by atoms with Crippen LogP contribution in [0.5, 0.6) is 11.5 Å². The summed E-state index contributed by atoms with van der Waals surface area (Å²) in [4.78, 5) is 12.2. The summed E-state index contributed by atoms with van der Waals surface area (Å²) < 4.78 is 8.17. The van der Waals surface area contributed by atoms with Gasteiger partial charge in [0.2, 0.25) is 0 Å². The van der Waals surface area contributed by atoms with Crippen molar-refractivity contribution in [3.63, 3.8) is 0 Å². The largest absolute Gasteiger partial charge is 0.453 e. The van der Waals surface area contributed by atoms with Gasteiger partial charge in [0.15, 0.2) is 23.1 Å². The van der Waals surface area contributed by atoms with Gasteiger partial charge in [-0.2, -0.15) is 0 Å². The van der Waals surface area contributed by atoms with Crippen LogP contribution < -0.4 is 14.5 Å². The predicted octanol–water partition coefficient (Wildman–Crippen LogP) is 12.1. The van der Waals surface area contributed by atoms with Crippen LogP contribution in [-0.2, 0) is 0 Å². The van der Waals surface area contributed by atoms with E-state index in [4.69, 9.17) is 14.8 Å². The third-order valence-corrected chi connectivity index (χ3v) is 10.4. The first-order valence-electron chi connectivity index (χ1n) is 16.8. The first-order chi connectivity index (χ1) is 25.3. The summed E-state index contributed by atoms with van der Waals surface area (Å²) in [5.74, 6) is 3.08. The molecule has 0 saturated carbocycles. The SMILES string of the molecule is c1ccc(-n2nc(-c3ccc(N4c5ccccc5Oc5ccccc54)cc3)nc2-c2ccc(N3c4ccccc4Sc4ccccc43)cc2)cc1. The van der Waals surface area contributed by atoms with Gasteiger partial charge >= 0.3 is 0 Å². The Morgan fingerprint density at radius 1 is 0.412 bits per heavy atom. The van der Waals surface area contributed by atoms with Gasteiger partial charge in [0.25, 0.3) is 0 Å². The number of aromatic nitrogens is 3. The predicted molar refractivity (Wildman–Crippen MR) is 206 cm³/mol. The lowest BCUT2D eigenvalue weighted by Crippen LogP contribution is -2.15. The Hall–Kier alpha value is -6.57. The number of nitrogens with zero attached hydrogens (tertiary/aromatic N) is 5. The third-order valence-electron chi connectivity index (χ3n) is 9.24. The minimum Gasteiger partial charge on any atom is -0.453 e. The number of hydrogen-bond donors (Lipinski definition) is 0. The minimum atomic E-state index is 0.656. The highest BCUT2D eigenvalue weighted by Gasteiger charge is 2.27. The van der Waals surface area contributed by atoms with Crippen LogP contribution in [0, 0.1) is 0 Å². The molecule has 6 nitrogen and oxygen atoms in total. The average molecular weight is 676 g/mol. The van der Waals surface area contributed by atoms with Crippen LogP contribution in [0.25, 0.3) is 28.5 Å². The molecule has 2 aliphatic rings. The summed E-state index contributed by atoms with van der Waals surface area (Å²) in [5.41, 5.74) is 9.32. The van der Waals surface area contributed by atoms with Gasteiger partial charge < -0.3 is 14.5 Å². The van der Waals surface area contributed by atoms with E-state index in [9.17, 15) is 0 Å². The van der Waals surface area contributed by atoms with Crippen molar-refractivity contribution in [1.82, 2.24) is 14.8 Å². The number of hydrogen-bond acceptors (Lipinski definition) is 6. The summed E-state index contributed by atoms with van der Waals surface area (Å²) in [7, 11) is 0. The maximum Gasteiger partial charge on any atom is 0.182 e. The van der Waals surface area contributed by atoms with Crippen molar-refractivity contribution in [1.29, 1.82) is 0 Å². The Morgan fingerprint density at radius 3 is 1.47 bits per heavy atom. The van der Waals surface area contributed by atoms with Crippen molar-refractivity contribution in [2.24, 2.45) is 0 Å². The van der Waals surface area contributed by atoms with Crippen LogP contribution in [0.4, 0.5) is 34.1 Å². The molecule has 10 rings (SSSR count). The lowest BCUT2D eigenvalue weighted by atomic mass is 10.1. The Balaban J connectivity index is 1.03. The zero-order valence-corrected chi connectivity index (χ0v) is 28.1. The van der Waals surface area contributed by atoms with E-state index in [1.165, 1.54) is 21.2 Å². The van der Waals surface area contributed by atoms with E-state index in [2.05, 4.69) is 131 Å². The molecule has 51 heavy (non-hydrogen) atoms. The van der Waals surface area contributed by atoms with Crippen molar-refractivity contribution in [2.75, 3.05) is 9.80 Å². The molecular formula is C44H29N5OS. The highest BCUT2D eigenvalue weighted by molar-refractivity contribution is 7.99. The zero-order chi connectivity index (χ0) is 33.7. The van der Waals surface area contributed by atoms with Gasteiger partial charge in [-0.15, -0.1) is 5.10 Å². The third kappa shape index (κ3) is 5.06. The summed E-state index contributed by atoms with van der Waals surface area (Å²) in [6.45, 7) is 0. The van der Waals surface area contributed by atoms with Crippen molar-refractivity contribution in [2.45, 2.75) is 9.79 Å². The molecule has 0 amide bonds. The number of fused-ring (bicyclic) bond motifs is 4. The Labute approximate surface area is 299 Å². The topological polar surface area (TPSA) is 46.4 Å². The average Bonchev–Trinajstić information content (AvgIpc) is 3.65. The maximum atomic E-state index is 6.23. The second-order valence-corrected chi connectivity index (χ2v) is 13.4. The first kappa shape index (κ1) is 29.4. The molecule has 0 radical (unpaired) electrons. The molecule has 0 aliphatic carbocycles. The minimum absolute atomic E-state index is 0.656. The first-order valence-corrected chi connectivity index (χ1v) is 17.7. The van der Waals surface area contributed by atoms with Gasteiger partial charge in [0.1, 0.15) is 0 Å². The normalized spacial score (nSPS) is 12.7. The Morgan fingerprint density at radius 2 is 0.882 bits per heavy atom. The fourth-order valence-electron chi connectivity index (χ4n) is 6.86. The van der Waals surface area contributed by atoms with Crippen LogP contribution in [-0.4, -0.2) is 14.8 Å². The van der Waals surface area contributed by atoms with Crippen molar-refractivity contribution in [3.8, 4) is 40.0 Å². The van der Waals surface area contributed by atoms with E-state index in [0.717, 1.165) is 56.9 Å². The Bertz CT molecular complexity index is 2460. The van der Waals surface area contributed by atoms with Crippen LogP contribution in [0.15, 0.2) is 186 Å². The molecule has 7 aromatic carbocycles. The van der Waals surface area contributed by atoms with Crippen LogP contribution in [0.1, 0.15) is 0 Å². The molecule has 3 heterocycles. The summed E-state index contributed by atoms with van der Waals surface area (Å²) >= 11 is 1.81. The van der Waals surface area contributed by atoms with Gasteiger partial charge in [-0.3, -0.25) is 0 Å². The lowest BCUT2D eigenvalue weighted by molar-refractivity contribution is 0.477. The van der Waals surface area contributed by atoms with Crippen LogP contribution in [0.3, 0.4) is 0 Å². The van der Waals surface area contributed by atoms with E-state index < -0.39 is 0 Å². The molecule has 8 aromatic rings. The molecule has 0 fully saturated rings. The highest BCUT2D eigenvalue weighted by Crippen LogP contribution is 2.52. The number of rotatable bonds is 5.